The first-order chi connectivity index (χ1) is 6.36. The molecule has 0 saturated carbocycles. The lowest BCUT2D eigenvalue weighted by molar-refractivity contribution is -0.103. The van der Waals surface area contributed by atoms with E-state index >= 15 is 0 Å². The van der Waals surface area contributed by atoms with Crippen LogP contribution in [0.25, 0.3) is 0 Å². The van der Waals surface area contributed by atoms with Crippen molar-refractivity contribution < 1.29 is 10.0 Å². The highest BCUT2D eigenvalue weighted by Crippen LogP contribution is 2.01. The summed E-state index contributed by atoms with van der Waals surface area (Å²) < 4.78 is 0. The summed E-state index contributed by atoms with van der Waals surface area (Å²) in [5.74, 6) is 4.93. The van der Waals surface area contributed by atoms with Gasteiger partial charge in [0.1, 0.15) is 0 Å². The number of carbonyl (C=O) groups excluding carboxylic acids is 1. The third-order valence-corrected chi connectivity index (χ3v) is 1.37. The lowest BCUT2D eigenvalue weighted by atomic mass is 10.1. The van der Waals surface area contributed by atoms with Gasteiger partial charge in [0.05, 0.1) is 6.21 Å². The zero-order valence-electron chi connectivity index (χ0n) is 6.77. The number of hydrogen-bond acceptors (Lipinski definition) is 3. The van der Waals surface area contributed by atoms with Crippen molar-refractivity contribution in [3.8, 4) is 11.8 Å². The van der Waals surface area contributed by atoms with E-state index in [0.717, 1.165) is 5.56 Å². The van der Waals surface area contributed by atoms with Gasteiger partial charge in [0.2, 0.25) is 0 Å². The Bertz CT molecular complexity index is 385. The summed E-state index contributed by atoms with van der Waals surface area (Å²) >= 11 is 0. The molecule has 0 aliphatic carbocycles. The van der Waals surface area contributed by atoms with Crippen LogP contribution in [0.15, 0.2) is 29.4 Å². The fourth-order valence-corrected chi connectivity index (χ4v) is 0.876. The molecule has 0 radical (unpaired) electrons. The molecular weight excluding hydrogens is 166 g/mol. The van der Waals surface area contributed by atoms with Crippen LogP contribution >= 0.6 is 0 Å². The highest BCUT2D eigenvalue weighted by Gasteiger charge is 1.89. The topological polar surface area (TPSA) is 49.7 Å². The van der Waals surface area contributed by atoms with E-state index in [4.69, 9.17) is 5.21 Å². The molecule has 1 aromatic rings. The van der Waals surface area contributed by atoms with E-state index in [-0.39, 0.29) is 0 Å². The Kier molecular flexibility index (Phi) is 3.28. The fraction of sp³-hybridized carbons (Fsp3) is 0. The standard InChI is InChI=1S/C10H7NO2/c12-6-2-5-9-3-1-4-10(7-9)8-11-13/h1,3-4,6-8,13H. The molecule has 0 spiro atoms. The first-order valence-corrected chi connectivity index (χ1v) is 3.59. The van der Waals surface area contributed by atoms with Gasteiger partial charge in [-0.15, -0.1) is 0 Å². The number of nitrogens with zero attached hydrogens (tertiary/aromatic N) is 1. The summed E-state index contributed by atoms with van der Waals surface area (Å²) in [6.45, 7) is 0. The van der Waals surface area contributed by atoms with Crippen LogP contribution in [-0.2, 0) is 4.79 Å². The molecule has 0 atom stereocenters. The monoisotopic (exact) mass is 173 g/mol. The maximum atomic E-state index is 9.95. The van der Waals surface area contributed by atoms with Crippen molar-refractivity contribution in [2.24, 2.45) is 5.16 Å². The number of oxime groups is 1. The summed E-state index contributed by atoms with van der Waals surface area (Å²) in [6.07, 6.45) is 1.83. The SMILES string of the molecule is O=CC#Cc1cccc(C=NO)c1. The Hall–Kier alpha value is -2.08. The average Bonchev–Trinajstić information content (AvgIpc) is 2.16. The Labute approximate surface area is 75.7 Å². The van der Waals surface area contributed by atoms with Gasteiger partial charge >= 0.3 is 0 Å². The number of rotatable bonds is 1. The minimum atomic E-state index is 0.535. The van der Waals surface area contributed by atoms with Crippen molar-refractivity contribution in [2.45, 2.75) is 0 Å². The Morgan fingerprint density at radius 1 is 1.46 bits per heavy atom. The molecule has 64 valence electrons. The Morgan fingerprint density at radius 3 is 3.00 bits per heavy atom. The van der Waals surface area contributed by atoms with E-state index in [1.165, 1.54) is 6.21 Å². The maximum absolute atomic E-state index is 9.95. The molecule has 0 fully saturated rings. The molecule has 0 heterocycles. The Morgan fingerprint density at radius 2 is 2.31 bits per heavy atom. The molecule has 3 heteroatoms. The van der Waals surface area contributed by atoms with Crippen molar-refractivity contribution in [2.75, 3.05) is 0 Å². The molecule has 1 rings (SSSR count). The predicted octanol–water partition coefficient (Wildman–Crippen LogP) is 1.05. The average molecular weight is 173 g/mol. The quantitative estimate of drug-likeness (QED) is 0.227. The molecule has 0 amide bonds. The first-order valence-electron chi connectivity index (χ1n) is 3.59. The maximum Gasteiger partial charge on any atom is 0.193 e. The van der Waals surface area contributed by atoms with E-state index in [9.17, 15) is 4.79 Å². The van der Waals surface area contributed by atoms with Crippen LogP contribution in [-0.4, -0.2) is 17.7 Å². The molecule has 0 aliphatic heterocycles. The third-order valence-electron chi connectivity index (χ3n) is 1.37. The largest absolute Gasteiger partial charge is 0.411 e. The second-order valence-corrected chi connectivity index (χ2v) is 2.26. The highest BCUT2D eigenvalue weighted by atomic mass is 16.4. The van der Waals surface area contributed by atoms with Gasteiger partial charge in [-0.05, 0) is 23.6 Å². The normalized spacial score (nSPS) is 9.23. The molecule has 13 heavy (non-hydrogen) atoms. The number of carbonyl (C=O) groups is 1. The summed E-state index contributed by atoms with van der Waals surface area (Å²) in [7, 11) is 0. The van der Waals surface area contributed by atoms with Crippen molar-refractivity contribution >= 4 is 12.5 Å². The van der Waals surface area contributed by atoms with Crippen LogP contribution in [0.3, 0.4) is 0 Å². The van der Waals surface area contributed by atoms with E-state index in [2.05, 4.69) is 17.0 Å². The predicted molar refractivity (Wildman–Crippen MR) is 48.8 cm³/mol. The number of benzene rings is 1. The molecule has 0 bridgehead atoms. The number of hydrogen-bond donors (Lipinski definition) is 1. The van der Waals surface area contributed by atoms with Crippen LogP contribution < -0.4 is 0 Å². The smallest absolute Gasteiger partial charge is 0.193 e. The zero-order chi connectivity index (χ0) is 9.52. The van der Waals surface area contributed by atoms with E-state index in [0.29, 0.717) is 11.8 Å². The van der Waals surface area contributed by atoms with Gasteiger partial charge in [0.25, 0.3) is 0 Å². The van der Waals surface area contributed by atoms with Crippen LogP contribution in [0.2, 0.25) is 0 Å². The van der Waals surface area contributed by atoms with Crippen molar-refractivity contribution in [1.29, 1.82) is 0 Å². The lowest BCUT2D eigenvalue weighted by Crippen LogP contribution is -1.82. The lowest BCUT2D eigenvalue weighted by Gasteiger charge is -1.91. The van der Waals surface area contributed by atoms with Crippen LogP contribution in [0.4, 0.5) is 0 Å². The fourth-order valence-electron chi connectivity index (χ4n) is 0.876. The molecular formula is C10H7NO2. The Balaban J connectivity index is 2.97. The van der Waals surface area contributed by atoms with Gasteiger partial charge < -0.3 is 5.21 Å². The summed E-state index contributed by atoms with van der Waals surface area (Å²) in [6, 6.07) is 7.03. The second kappa shape index (κ2) is 4.73. The molecule has 0 aromatic heterocycles. The summed E-state index contributed by atoms with van der Waals surface area (Å²) in [5.41, 5.74) is 1.45. The minimum Gasteiger partial charge on any atom is -0.411 e. The van der Waals surface area contributed by atoms with Crippen LogP contribution in [0.5, 0.6) is 0 Å². The molecule has 3 nitrogen and oxygen atoms in total. The van der Waals surface area contributed by atoms with Crippen molar-refractivity contribution in [3.05, 3.63) is 35.4 Å². The molecule has 0 aliphatic rings. The van der Waals surface area contributed by atoms with Gasteiger partial charge in [-0.1, -0.05) is 23.2 Å². The van der Waals surface area contributed by atoms with Gasteiger partial charge in [-0.2, -0.15) is 0 Å². The molecule has 0 unspecified atom stereocenters. The summed E-state index contributed by atoms with van der Waals surface area (Å²) in [4.78, 5) is 9.95. The highest BCUT2D eigenvalue weighted by molar-refractivity contribution is 5.80. The van der Waals surface area contributed by atoms with Crippen molar-refractivity contribution in [1.82, 2.24) is 0 Å². The molecule has 1 aromatic carbocycles. The van der Waals surface area contributed by atoms with Gasteiger partial charge in [0.15, 0.2) is 6.29 Å². The van der Waals surface area contributed by atoms with Gasteiger partial charge in [0, 0.05) is 5.56 Å². The van der Waals surface area contributed by atoms with Crippen LogP contribution in [0, 0.1) is 11.8 Å². The van der Waals surface area contributed by atoms with E-state index in [1.54, 1.807) is 24.3 Å². The van der Waals surface area contributed by atoms with Crippen molar-refractivity contribution in [3.63, 3.8) is 0 Å². The van der Waals surface area contributed by atoms with E-state index < -0.39 is 0 Å². The molecule has 0 saturated heterocycles. The minimum absolute atomic E-state index is 0.535. The third kappa shape index (κ3) is 2.80. The molecule has 1 N–H and O–H groups in total. The first kappa shape index (κ1) is 9.01. The van der Waals surface area contributed by atoms with Gasteiger partial charge in [-0.3, -0.25) is 4.79 Å². The number of aldehydes is 1. The van der Waals surface area contributed by atoms with Gasteiger partial charge in [-0.25, -0.2) is 0 Å². The second-order valence-electron chi connectivity index (χ2n) is 2.26. The van der Waals surface area contributed by atoms with Crippen LogP contribution in [0.1, 0.15) is 11.1 Å². The zero-order valence-corrected chi connectivity index (χ0v) is 6.77. The summed E-state index contributed by atoms with van der Waals surface area (Å²) in [5, 5.41) is 11.1. The van der Waals surface area contributed by atoms with E-state index in [1.807, 2.05) is 0 Å².